The van der Waals surface area contributed by atoms with Gasteiger partial charge in [0, 0.05) is 13.0 Å². The van der Waals surface area contributed by atoms with Gasteiger partial charge in [-0.3, -0.25) is 4.79 Å². The monoisotopic (exact) mass is 214 g/mol. The van der Waals surface area contributed by atoms with Gasteiger partial charge in [-0.15, -0.1) is 0 Å². The van der Waals surface area contributed by atoms with Crippen molar-refractivity contribution in [2.75, 3.05) is 13.6 Å². The normalized spacial score (nSPS) is 22.2. The molecule has 2 rings (SSSR count). The van der Waals surface area contributed by atoms with Gasteiger partial charge in [0.2, 0.25) is 5.91 Å². The van der Waals surface area contributed by atoms with E-state index in [-0.39, 0.29) is 18.4 Å². The molecule has 0 saturated heterocycles. The Morgan fingerprint density at radius 2 is 2.19 bits per heavy atom. The lowest BCUT2D eigenvalue weighted by Crippen LogP contribution is -2.28. The first kappa shape index (κ1) is 10.7. The van der Waals surface area contributed by atoms with Crippen molar-refractivity contribution in [3.05, 3.63) is 35.9 Å². The summed E-state index contributed by atoms with van der Waals surface area (Å²) in [5, 5.41) is 8.53. The summed E-state index contributed by atoms with van der Waals surface area (Å²) < 4.78 is 0. The highest BCUT2D eigenvalue weighted by atomic mass is 16.2. The summed E-state index contributed by atoms with van der Waals surface area (Å²) in [5.74, 6) is 0.533. The molecule has 1 aromatic carbocycles. The molecule has 1 amide bonds. The smallest absolute Gasteiger partial charge is 0.226 e. The van der Waals surface area contributed by atoms with Crippen LogP contribution in [0.15, 0.2) is 30.3 Å². The van der Waals surface area contributed by atoms with Gasteiger partial charge in [0.15, 0.2) is 0 Å². The van der Waals surface area contributed by atoms with Gasteiger partial charge in [-0.1, -0.05) is 30.3 Å². The maximum absolute atomic E-state index is 11.9. The minimum atomic E-state index is 0.0840. The largest absolute Gasteiger partial charge is 0.332 e. The number of rotatable bonds is 3. The minimum absolute atomic E-state index is 0.0840. The fourth-order valence-electron chi connectivity index (χ4n) is 2.00. The Kier molecular flexibility index (Phi) is 2.91. The molecule has 0 aliphatic heterocycles. The van der Waals surface area contributed by atoms with E-state index in [2.05, 4.69) is 12.1 Å². The van der Waals surface area contributed by atoms with Crippen molar-refractivity contribution in [1.29, 1.82) is 5.26 Å². The van der Waals surface area contributed by atoms with Crippen LogP contribution in [0.1, 0.15) is 17.9 Å². The third kappa shape index (κ3) is 2.06. The molecule has 0 heterocycles. The molecule has 0 spiro atoms. The fourth-order valence-corrected chi connectivity index (χ4v) is 2.00. The Labute approximate surface area is 95.3 Å². The lowest BCUT2D eigenvalue weighted by Gasteiger charge is -2.12. The molecule has 0 aromatic heterocycles. The van der Waals surface area contributed by atoms with Gasteiger partial charge in [0.1, 0.15) is 6.54 Å². The van der Waals surface area contributed by atoms with Gasteiger partial charge < -0.3 is 4.90 Å². The van der Waals surface area contributed by atoms with E-state index >= 15 is 0 Å². The molecule has 82 valence electrons. The average molecular weight is 214 g/mol. The van der Waals surface area contributed by atoms with Crippen molar-refractivity contribution in [2.24, 2.45) is 5.92 Å². The lowest BCUT2D eigenvalue weighted by atomic mass is 10.1. The zero-order chi connectivity index (χ0) is 11.5. The van der Waals surface area contributed by atoms with Crippen molar-refractivity contribution in [3.63, 3.8) is 0 Å². The number of carbonyl (C=O) groups excluding carboxylic acids is 1. The van der Waals surface area contributed by atoms with E-state index in [4.69, 9.17) is 5.26 Å². The van der Waals surface area contributed by atoms with Crippen LogP contribution in [0.3, 0.4) is 0 Å². The second-order valence-corrected chi connectivity index (χ2v) is 4.21. The van der Waals surface area contributed by atoms with Crippen molar-refractivity contribution in [1.82, 2.24) is 4.90 Å². The molecule has 3 heteroatoms. The Bertz CT molecular complexity index is 421. The molecule has 0 bridgehead atoms. The number of carbonyl (C=O) groups is 1. The summed E-state index contributed by atoms with van der Waals surface area (Å²) in [5.41, 5.74) is 1.23. The Hall–Kier alpha value is -1.82. The van der Waals surface area contributed by atoms with E-state index in [1.54, 1.807) is 7.05 Å². The maximum atomic E-state index is 11.9. The maximum Gasteiger partial charge on any atom is 0.226 e. The van der Waals surface area contributed by atoms with Gasteiger partial charge in [-0.2, -0.15) is 5.26 Å². The van der Waals surface area contributed by atoms with Crippen LogP contribution in [0.2, 0.25) is 0 Å². The van der Waals surface area contributed by atoms with Gasteiger partial charge >= 0.3 is 0 Å². The number of hydrogen-bond donors (Lipinski definition) is 0. The molecule has 1 aromatic rings. The van der Waals surface area contributed by atoms with E-state index in [9.17, 15) is 4.79 Å². The first-order valence-corrected chi connectivity index (χ1v) is 5.41. The quantitative estimate of drug-likeness (QED) is 0.720. The zero-order valence-corrected chi connectivity index (χ0v) is 9.26. The zero-order valence-electron chi connectivity index (χ0n) is 9.26. The number of nitriles is 1. The summed E-state index contributed by atoms with van der Waals surface area (Å²) >= 11 is 0. The molecule has 1 fully saturated rings. The second-order valence-electron chi connectivity index (χ2n) is 4.21. The third-order valence-electron chi connectivity index (χ3n) is 3.02. The first-order valence-electron chi connectivity index (χ1n) is 5.41. The van der Waals surface area contributed by atoms with Crippen LogP contribution in [0.25, 0.3) is 0 Å². The summed E-state index contributed by atoms with van der Waals surface area (Å²) in [7, 11) is 1.69. The van der Waals surface area contributed by atoms with Crippen molar-refractivity contribution >= 4 is 5.91 Å². The van der Waals surface area contributed by atoms with E-state index in [1.165, 1.54) is 10.5 Å². The van der Waals surface area contributed by atoms with Gasteiger partial charge in [-0.05, 0) is 17.9 Å². The molecule has 0 N–H and O–H groups in total. The number of hydrogen-bond acceptors (Lipinski definition) is 2. The number of amides is 1. The SMILES string of the molecule is CN(CC#N)C(=O)C1CC1c1ccccc1. The van der Waals surface area contributed by atoms with Crippen molar-refractivity contribution in [3.8, 4) is 6.07 Å². The lowest BCUT2D eigenvalue weighted by molar-refractivity contribution is -0.130. The summed E-state index contributed by atoms with van der Waals surface area (Å²) in [6.07, 6.45) is 0.915. The molecule has 3 nitrogen and oxygen atoms in total. The molecule has 16 heavy (non-hydrogen) atoms. The van der Waals surface area contributed by atoms with Gasteiger partial charge in [0.05, 0.1) is 6.07 Å². The Morgan fingerprint density at radius 3 is 2.81 bits per heavy atom. The molecule has 0 radical (unpaired) electrons. The highest BCUT2D eigenvalue weighted by Gasteiger charge is 2.44. The second kappa shape index (κ2) is 4.36. The number of benzene rings is 1. The van der Waals surface area contributed by atoms with Crippen molar-refractivity contribution in [2.45, 2.75) is 12.3 Å². The van der Waals surface area contributed by atoms with Crippen LogP contribution in [0, 0.1) is 17.2 Å². The van der Waals surface area contributed by atoms with Crippen LogP contribution in [-0.4, -0.2) is 24.4 Å². The van der Waals surface area contributed by atoms with Gasteiger partial charge in [0.25, 0.3) is 0 Å². The van der Waals surface area contributed by atoms with Crippen LogP contribution in [0.5, 0.6) is 0 Å². The average Bonchev–Trinajstić information content (AvgIpc) is 3.09. The Balaban J connectivity index is 1.97. The van der Waals surface area contributed by atoms with E-state index in [0.29, 0.717) is 5.92 Å². The van der Waals surface area contributed by atoms with Crippen LogP contribution >= 0.6 is 0 Å². The Morgan fingerprint density at radius 1 is 1.50 bits per heavy atom. The van der Waals surface area contributed by atoms with Gasteiger partial charge in [-0.25, -0.2) is 0 Å². The summed E-state index contributed by atoms with van der Waals surface area (Å²) in [4.78, 5) is 13.4. The molecule has 2 atom stereocenters. The topological polar surface area (TPSA) is 44.1 Å². The third-order valence-corrected chi connectivity index (χ3v) is 3.02. The standard InChI is InChI=1S/C13H14N2O/c1-15(8-7-14)13(16)12-9-11(12)10-5-3-2-4-6-10/h2-6,11-12H,8-9H2,1H3. The summed E-state index contributed by atoms with van der Waals surface area (Å²) in [6, 6.07) is 12.1. The molecule has 1 saturated carbocycles. The van der Waals surface area contributed by atoms with Crippen molar-refractivity contribution < 1.29 is 4.79 Å². The van der Waals surface area contributed by atoms with Crippen LogP contribution in [-0.2, 0) is 4.79 Å². The molecule has 1 aliphatic carbocycles. The summed E-state index contributed by atoms with van der Waals surface area (Å²) in [6.45, 7) is 0.177. The molecule has 1 aliphatic rings. The van der Waals surface area contributed by atoms with Crippen LogP contribution in [0.4, 0.5) is 0 Å². The predicted octanol–water partition coefficient (Wildman–Crippen LogP) is 1.77. The minimum Gasteiger partial charge on any atom is -0.332 e. The van der Waals surface area contributed by atoms with Crippen LogP contribution < -0.4 is 0 Å². The first-order chi connectivity index (χ1) is 7.74. The van der Waals surface area contributed by atoms with E-state index < -0.39 is 0 Å². The highest BCUT2D eigenvalue weighted by Crippen LogP contribution is 2.48. The molecular formula is C13H14N2O. The predicted molar refractivity (Wildman–Crippen MR) is 60.5 cm³/mol. The fraction of sp³-hybridized carbons (Fsp3) is 0.385. The van der Waals surface area contributed by atoms with E-state index in [1.807, 2.05) is 24.3 Å². The molecular weight excluding hydrogens is 200 g/mol. The molecule has 2 unspecified atom stereocenters. The van der Waals surface area contributed by atoms with E-state index in [0.717, 1.165) is 6.42 Å². The number of nitrogens with zero attached hydrogens (tertiary/aromatic N) is 2. The highest BCUT2D eigenvalue weighted by molar-refractivity contribution is 5.83.